The lowest BCUT2D eigenvalue weighted by atomic mass is 10.2. The molecule has 0 unspecified atom stereocenters. The van der Waals surface area contributed by atoms with Crippen molar-refractivity contribution in [2.45, 2.75) is 20.3 Å². The first-order chi connectivity index (χ1) is 9.85. The van der Waals surface area contributed by atoms with Gasteiger partial charge >= 0.3 is 0 Å². The van der Waals surface area contributed by atoms with Crippen LogP contribution < -0.4 is 0 Å². The van der Waals surface area contributed by atoms with E-state index in [4.69, 9.17) is 0 Å². The van der Waals surface area contributed by atoms with Crippen LogP contribution in [0, 0.1) is 0 Å². The normalized spacial score (nSPS) is 12.6. The standard InChI is InChI=1S/C16H18N4/c1-3-5-12-15(13-6-4-2)20-18-16(17-19-20)14-10-8-7-9-11-14/h3,5-13H,4H2,1-2H3/b5-3-,13-6-,15-12+. The lowest BCUT2D eigenvalue weighted by Gasteiger charge is -1.97. The topological polar surface area (TPSA) is 43.6 Å². The van der Waals surface area contributed by atoms with E-state index in [0.29, 0.717) is 5.82 Å². The molecule has 4 nitrogen and oxygen atoms in total. The maximum absolute atomic E-state index is 4.43. The zero-order valence-corrected chi connectivity index (χ0v) is 11.8. The van der Waals surface area contributed by atoms with Crippen molar-refractivity contribution in [3.8, 4) is 11.4 Å². The average Bonchev–Trinajstić information content (AvgIpc) is 2.98. The molecule has 0 aliphatic heterocycles. The first kappa shape index (κ1) is 13.9. The van der Waals surface area contributed by atoms with Crippen LogP contribution in [0.3, 0.4) is 0 Å². The Morgan fingerprint density at radius 2 is 2.05 bits per heavy atom. The number of rotatable bonds is 5. The number of tetrazole rings is 1. The summed E-state index contributed by atoms with van der Waals surface area (Å²) in [6.45, 7) is 4.07. The van der Waals surface area contributed by atoms with Gasteiger partial charge < -0.3 is 0 Å². The Morgan fingerprint density at radius 1 is 1.25 bits per heavy atom. The molecule has 20 heavy (non-hydrogen) atoms. The minimum atomic E-state index is 0.627. The van der Waals surface area contributed by atoms with E-state index in [0.717, 1.165) is 17.7 Å². The summed E-state index contributed by atoms with van der Waals surface area (Å²) in [5.74, 6) is 0.627. The van der Waals surface area contributed by atoms with Crippen molar-refractivity contribution in [3.63, 3.8) is 0 Å². The van der Waals surface area contributed by atoms with Gasteiger partial charge in [0.25, 0.3) is 0 Å². The van der Waals surface area contributed by atoms with E-state index in [1.807, 2.05) is 61.6 Å². The third-order valence-electron chi connectivity index (χ3n) is 2.66. The molecular formula is C16H18N4. The van der Waals surface area contributed by atoms with Crippen LogP contribution in [0.4, 0.5) is 0 Å². The van der Waals surface area contributed by atoms with E-state index in [1.165, 1.54) is 0 Å². The highest BCUT2D eigenvalue weighted by molar-refractivity contribution is 5.59. The molecule has 0 N–H and O–H groups in total. The monoisotopic (exact) mass is 266 g/mol. The van der Waals surface area contributed by atoms with Crippen molar-refractivity contribution in [2.24, 2.45) is 0 Å². The molecule has 0 amide bonds. The van der Waals surface area contributed by atoms with Crippen LogP contribution in [0.5, 0.6) is 0 Å². The van der Waals surface area contributed by atoms with Crippen LogP contribution in [-0.2, 0) is 0 Å². The van der Waals surface area contributed by atoms with Gasteiger partial charge in [-0.25, -0.2) is 0 Å². The van der Waals surface area contributed by atoms with Gasteiger partial charge in [-0.1, -0.05) is 55.5 Å². The van der Waals surface area contributed by atoms with Crippen molar-refractivity contribution in [2.75, 3.05) is 0 Å². The lowest BCUT2D eigenvalue weighted by Crippen LogP contribution is -1.99. The van der Waals surface area contributed by atoms with Gasteiger partial charge in [0.2, 0.25) is 5.82 Å². The smallest absolute Gasteiger partial charge is 0.131 e. The van der Waals surface area contributed by atoms with Crippen molar-refractivity contribution >= 4 is 5.70 Å². The minimum Gasteiger partial charge on any atom is -0.131 e. The lowest BCUT2D eigenvalue weighted by molar-refractivity contribution is 0.741. The van der Waals surface area contributed by atoms with Gasteiger partial charge in [-0.05, 0) is 30.7 Å². The van der Waals surface area contributed by atoms with Crippen molar-refractivity contribution in [3.05, 3.63) is 60.7 Å². The maximum atomic E-state index is 4.43. The van der Waals surface area contributed by atoms with Crippen molar-refractivity contribution in [1.82, 2.24) is 20.2 Å². The van der Waals surface area contributed by atoms with E-state index < -0.39 is 0 Å². The highest BCUT2D eigenvalue weighted by Crippen LogP contribution is 2.13. The fourth-order valence-corrected chi connectivity index (χ4v) is 1.65. The van der Waals surface area contributed by atoms with E-state index in [2.05, 4.69) is 28.4 Å². The van der Waals surface area contributed by atoms with E-state index in [9.17, 15) is 0 Å². The third kappa shape index (κ3) is 3.51. The SMILES string of the molecule is C\C=C/C=C(\C=C/CC)n1nnc(-c2ccccc2)n1. The number of allylic oxidation sites excluding steroid dienone is 6. The van der Waals surface area contributed by atoms with Crippen LogP contribution in [0.15, 0.2) is 60.7 Å². The fourth-order valence-electron chi connectivity index (χ4n) is 1.65. The first-order valence-electron chi connectivity index (χ1n) is 6.70. The maximum Gasteiger partial charge on any atom is 0.205 e. The van der Waals surface area contributed by atoms with Crippen molar-refractivity contribution < 1.29 is 0 Å². The molecule has 0 saturated heterocycles. The van der Waals surface area contributed by atoms with Gasteiger partial charge in [-0.2, -0.15) is 0 Å². The van der Waals surface area contributed by atoms with Gasteiger partial charge in [-0.3, -0.25) is 0 Å². The molecule has 4 heteroatoms. The quantitative estimate of drug-likeness (QED) is 0.775. The summed E-state index contributed by atoms with van der Waals surface area (Å²) in [6.07, 6.45) is 10.9. The summed E-state index contributed by atoms with van der Waals surface area (Å²) in [4.78, 5) is 1.55. The van der Waals surface area contributed by atoms with Crippen LogP contribution in [0.25, 0.3) is 17.1 Å². The van der Waals surface area contributed by atoms with Gasteiger partial charge in [0.1, 0.15) is 0 Å². The van der Waals surface area contributed by atoms with E-state index >= 15 is 0 Å². The number of hydrogen-bond donors (Lipinski definition) is 0. The third-order valence-corrected chi connectivity index (χ3v) is 2.66. The summed E-state index contributed by atoms with van der Waals surface area (Å²) in [6, 6.07) is 9.83. The molecule has 0 atom stereocenters. The molecule has 0 aliphatic rings. The number of aromatic nitrogens is 4. The second-order valence-electron chi connectivity index (χ2n) is 4.20. The predicted octanol–water partition coefficient (Wildman–Crippen LogP) is 3.72. The Morgan fingerprint density at radius 3 is 2.75 bits per heavy atom. The van der Waals surface area contributed by atoms with Gasteiger partial charge in [0, 0.05) is 5.56 Å². The Balaban J connectivity index is 2.32. The van der Waals surface area contributed by atoms with Gasteiger partial charge in [0.05, 0.1) is 5.70 Å². The zero-order chi connectivity index (χ0) is 14.2. The second-order valence-corrected chi connectivity index (χ2v) is 4.20. The van der Waals surface area contributed by atoms with E-state index in [-0.39, 0.29) is 0 Å². The molecule has 1 aromatic carbocycles. The molecule has 102 valence electrons. The van der Waals surface area contributed by atoms with E-state index in [1.54, 1.807) is 4.80 Å². The molecule has 0 radical (unpaired) electrons. The molecule has 0 spiro atoms. The number of hydrogen-bond acceptors (Lipinski definition) is 3. The highest BCUT2D eigenvalue weighted by Gasteiger charge is 2.06. The summed E-state index contributed by atoms with van der Waals surface area (Å²) < 4.78 is 0. The predicted molar refractivity (Wildman–Crippen MR) is 81.8 cm³/mol. The van der Waals surface area contributed by atoms with Gasteiger partial charge in [-0.15, -0.1) is 15.0 Å². The minimum absolute atomic E-state index is 0.627. The van der Waals surface area contributed by atoms with Crippen LogP contribution >= 0.6 is 0 Å². The molecule has 2 aromatic rings. The number of nitrogens with zero attached hydrogens (tertiary/aromatic N) is 4. The van der Waals surface area contributed by atoms with Crippen molar-refractivity contribution in [1.29, 1.82) is 0 Å². The summed E-state index contributed by atoms with van der Waals surface area (Å²) >= 11 is 0. The largest absolute Gasteiger partial charge is 0.205 e. The summed E-state index contributed by atoms with van der Waals surface area (Å²) in [5.41, 5.74) is 1.85. The number of benzene rings is 1. The molecule has 1 aromatic heterocycles. The molecule has 0 bridgehead atoms. The molecule has 0 fully saturated rings. The zero-order valence-electron chi connectivity index (χ0n) is 11.8. The second kappa shape index (κ2) is 7.19. The van der Waals surface area contributed by atoms with Gasteiger partial charge in [0.15, 0.2) is 0 Å². The fraction of sp³-hybridized carbons (Fsp3) is 0.188. The molecule has 0 saturated carbocycles. The summed E-state index contributed by atoms with van der Waals surface area (Å²) in [5, 5.41) is 12.7. The highest BCUT2D eigenvalue weighted by atomic mass is 15.6. The Bertz CT molecular complexity index is 621. The van der Waals surface area contributed by atoms with Crippen LogP contribution in [0.2, 0.25) is 0 Å². The average molecular weight is 266 g/mol. The Hall–Kier alpha value is -2.49. The summed E-state index contributed by atoms with van der Waals surface area (Å²) in [7, 11) is 0. The first-order valence-corrected chi connectivity index (χ1v) is 6.70. The van der Waals surface area contributed by atoms with Crippen LogP contribution in [0.1, 0.15) is 20.3 Å². The van der Waals surface area contributed by atoms with Crippen LogP contribution in [-0.4, -0.2) is 20.2 Å². The molecule has 2 rings (SSSR count). The molecule has 1 heterocycles. The Kier molecular flexibility index (Phi) is 5.00. The molecule has 0 aliphatic carbocycles. The Labute approximate surface area is 119 Å². The molecular weight excluding hydrogens is 248 g/mol.